The molecule has 2 atom stereocenters. The van der Waals surface area contributed by atoms with E-state index in [-0.39, 0.29) is 35.9 Å². The minimum atomic E-state index is -0.351. The van der Waals surface area contributed by atoms with Gasteiger partial charge in [0.25, 0.3) is 0 Å². The summed E-state index contributed by atoms with van der Waals surface area (Å²) in [5, 5.41) is 0. The summed E-state index contributed by atoms with van der Waals surface area (Å²) < 4.78 is 5.33. The molecule has 0 aliphatic carbocycles. The molecule has 0 aromatic carbocycles. The van der Waals surface area contributed by atoms with Gasteiger partial charge in [-0.05, 0) is 27.2 Å². The van der Waals surface area contributed by atoms with Crippen LogP contribution in [0.5, 0.6) is 0 Å². The van der Waals surface area contributed by atoms with Crippen molar-refractivity contribution >= 4 is 18.4 Å². The Morgan fingerprint density at radius 1 is 1.50 bits per heavy atom. The van der Waals surface area contributed by atoms with Crippen molar-refractivity contribution < 1.29 is 9.53 Å². The maximum absolute atomic E-state index is 11.4. The van der Waals surface area contributed by atoms with E-state index in [1.54, 1.807) is 6.92 Å². The molecular formula is C12H24ClNO2. The molecule has 0 heterocycles. The lowest BCUT2D eigenvalue weighted by Crippen LogP contribution is -2.46. The molecular weight excluding hydrogens is 226 g/mol. The highest BCUT2D eigenvalue weighted by molar-refractivity contribution is 5.87. The van der Waals surface area contributed by atoms with E-state index >= 15 is 0 Å². The van der Waals surface area contributed by atoms with Gasteiger partial charge < -0.3 is 10.5 Å². The Morgan fingerprint density at radius 2 is 1.94 bits per heavy atom. The van der Waals surface area contributed by atoms with Crippen LogP contribution >= 0.6 is 12.4 Å². The van der Waals surface area contributed by atoms with Gasteiger partial charge in [0.05, 0.1) is 0 Å². The van der Waals surface area contributed by atoms with E-state index in [1.165, 1.54) is 0 Å². The number of halogens is 1. The lowest BCUT2D eigenvalue weighted by molar-refractivity contribution is -0.147. The molecule has 0 aliphatic heterocycles. The summed E-state index contributed by atoms with van der Waals surface area (Å²) >= 11 is 0. The molecule has 0 aromatic rings. The lowest BCUT2D eigenvalue weighted by atomic mass is 9.84. The van der Waals surface area contributed by atoms with Crippen LogP contribution in [-0.2, 0) is 9.53 Å². The molecule has 2 unspecified atom stereocenters. The van der Waals surface area contributed by atoms with Crippen LogP contribution in [0.4, 0.5) is 0 Å². The molecule has 0 fully saturated rings. The van der Waals surface area contributed by atoms with Crippen molar-refractivity contribution in [3.05, 3.63) is 12.2 Å². The van der Waals surface area contributed by atoms with Gasteiger partial charge in [-0.2, -0.15) is 0 Å². The first-order chi connectivity index (χ1) is 6.70. The quantitative estimate of drug-likeness (QED) is 0.602. The lowest BCUT2D eigenvalue weighted by Gasteiger charge is -2.33. The van der Waals surface area contributed by atoms with E-state index in [0.29, 0.717) is 5.57 Å². The number of carbonyl (C=O) groups excluding carboxylic acids is 1. The van der Waals surface area contributed by atoms with E-state index in [9.17, 15) is 4.79 Å². The Balaban J connectivity index is 0. The van der Waals surface area contributed by atoms with Gasteiger partial charge >= 0.3 is 5.97 Å². The molecule has 2 N–H and O–H groups in total. The molecule has 0 spiro atoms. The summed E-state index contributed by atoms with van der Waals surface area (Å²) in [6.07, 6.45) is 0.620. The molecule has 0 bridgehead atoms. The van der Waals surface area contributed by atoms with Gasteiger partial charge in [-0.3, -0.25) is 0 Å². The molecule has 16 heavy (non-hydrogen) atoms. The molecule has 0 saturated carbocycles. The summed E-state index contributed by atoms with van der Waals surface area (Å²) in [6.45, 7) is 13.1. The van der Waals surface area contributed by atoms with Gasteiger partial charge in [0, 0.05) is 17.0 Å². The van der Waals surface area contributed by atoms with Crippen LogP contribution in [0.25, 0.3) is 0 Å². The van der Waals surface area contributed by atoms with Crippen molar-refractivity contribution in [1.29, 1.82) is 0 Å². The van der Waals surface area contributed by atoms with Gasteiger partial charge in [0.15, 0.2) is 0 Å². The summed E-state index contributed by atoms with van der Waals surface area (Å²) in [7, 11) is 0. The predicted octanol–water partition coefficient (Wildman–Crippen LogP) is 2.68. The zero-order valence-corrected chi connectivity index (χ0v) is 11.7. The Morgan fingerprint density at radius 3 is 2.19 bits per heavy atom. The van der Waals surface area contributed by atoms with Crippen LogP contribution in [0, 0.1) is 5.92 Å². The van der Waals surface area contributed by atoms with Crippen molar-refractivity contribution in [1.82, 2.24) is 0 Å². The van der Waals surface area contributed by atoms with E-state index in [2.05, 4.69) is 6.58 Å². The fourth-order valence-electron chi connectivity index (χ4n) is 1.26. The molecule has 0 saturated heterocycles. The summed E-state index contributed by atoms with van der Waals surface area (Å²) in [5.41, 5.74) is 6.07. The Labute approximate surface area is 105 Å². The highest BCUT2D eigenvalue weighted by Crippen LogP contribution is 2.22. The smallest absolute Gasteiger partial charge is 0.333 e. The van der Waals surface area contributed by atoms with Gasteiger partial charge in [0.2, 0.25) is 0 Å². The number of ether oxygens (including phenoxy) is 1. The van der Waals surface area contributed by atoms with Gasteiger partial charge in [0.1, 0.15) is 6.10 Å². The van der Waals surface area contributed by atoms with E-state index in [4.69, 9.17) is 10.5 Å². The van der Waals surface area contributed by atoms with E-state index in [1.807, 2.05) is 27.7 Å². The van der Waals surface area contributed by atoms with Gasteiger partial charge in [-0.15, -0.1) is 12.4 Å². The fraction of sp³-hybridized carbons (Fsp3) is 0.750. The fourth-order valence-corrected chi connectivity index (χ4v) is 1.26. The van der Waals surface area contributed by atoms with Gasteiger partial charge in [-0.25, -0.2) is 4.79 Å². The minimum absolute atomic E-state index is 0. The third-order valence-electron chi connectivity index (χ3n) is 2.74. The van der Waals surface area contributed by atoms with Crippen molar-refractivity contribution in [2.24, 2.45) is 11.7 Å². The van der Waals surface area contributed by atoms with Crippen molar-refractivity contribution in [3.8, 4) is 0 Å². The highest BCUT2D eigenvalue weighted by Gasteiger charge is 2.30. The number of rotatable bonds is 5. The third-order valence-corrected chi connectivity index (χ3v) is 2.74. The standard InChI is InChI=1S/C12H23NO2.ClH/c1-7-10(9(4)12(5,6)13)15-11(14)8(2)3;/h9-10H,2,7,13H2,1,3-6H3;1H. The Kier molecular flexibility index (Phi) is 7.71. The molecule has 0 amide bonds. The Hall–Kier alpha value is -0.540. The predicted molar refractivity (Wildman–Crippen MR) is 69.7 cm³/mol. The number of hydrogen-bond donors (Lipinski definition) is 1. The monoisotopic (exact) mass is 249 g/mol. The third kappa shape index (κ3) is 5.52. The van der Waals surface area contributed by atoms with Gasteiger partial charge in [-0.1, -0.05) is 20.4 Å². The number of nitrogens with two attached hydrogens (primary N) is 1. The summed E-state index contributed by atoms with van der Waals surface area (Å²) in [5.74, 6) is -0.219. The first-order valence-electron chi connectivity index (χ1n) is 5.35. The van der Waals surface area contributed by atoms with Crippen molar-refractivity contribution in [2.75, 3.05) is 0 Å². The zero-order chi connectivity index (χ0) is 12.2. The van der Waals surface area contributed by atoms with Crippen LogP contribution in [0.1, 0.15) is 41.0 Å². The first kappa shape index (κ1) is 17.8. The van der Waals surface area contributed by atoms with E-state index < -0.39 is 0 Å². The molecule has 3 nitrogen and oxygen atoms in total. The molecule has 0 aliphatic rings. The second-order valence-electron chi connectivity index (χ2n) is 4.74. The number of esters is 1. The van der Waals surface area contributed by atoms with Crippen molar-refractivity contribution in [3.63, 3.8) is 0 Å². The number of carbonyl (C=O) groups is 1. The Bertz CT molecular complexity index is 246. The topological polar surface area (TPSA) is 52.3 Å². The average molecular weight is 250 g/mol. The normalized spacial score (nSPS) is 14.6. The highest BCUT2D eigenvalue weighted by atomic mass is 35.5. The second kappa shape index (κ2) is 6.92. The second-order valence-corrected chi connectivity index (χ2v) is 4.74. The molecule has 0 rings (SSSR count). The number of hydrogen-bond acceptors (Lipinski definition) is 3. The van der Waals surface area contributed by atoms with Crippen molar-refractivity contribution in [2.45, 2.75) is 52.7 Å². The molecule has 96 valence electrons. The SMILES string of the molecule is C=C(C)C(=O)OC(CC)C(C)C(C)(C)N.Cl. The zero-order valence-electron chi connectivity index (χ0n) is 10.9. The van der Waals surface area contributed by atoms with Crippen LogP contribution in [0.3, 0.4) is 0 Å². The molecule has 0 radical (unpaired) electrons. The summed E-state index contributed by atoms with van der Waals surface area (Å²) in [6, 6.07) is 0. The van der Waals surface area contributed by atoms with E-state index in [0.717, 1.165) is 6.42 Å². The van der Waals surface area contributed by atoms with Crippen LogP contribution < -0.4 is 5.73 Å². The minimum Gasteiger partial charge on any atom is -0.459 e. The first-order valence-corrected chi connectivity index (χ1v) is 5.35. The maximum atomic E-state index is 11.4. The molecule has 4 heteroatoms. The van der Waals surface area contributed by atoms with Crippen LogP contribution in [-0.4, -0.2) is 17.6 Å². The summed E-state index contributed by atoms with van der Waals surface area (Å²) in [4.78, 5) is 11.4. The molecule has 0 aromatic heterocycles. The average Bonchev–Trinajstić information content (AvgIpc) is 2.10. The largest absolute Gasteiger partial charge is 0.459 e. The van der Waals surface area contributed by atoms with Crippen LogP contribution in [0.2, 0.25) is 0 Å². The maximum Gasteiger partial charge on any atom is 0.333 e. The van der Waals surface area contributed by atoms with Crippen LogP contribution in [0.15, 0.2) is 12.2 Å².